The first-order valence-corrected chi connectivity index (χ1v) is 10.3. The van der Waals surface area contributed by atoms with E-state index in [0.29, 0.717) is 6.04 Å². The predicted octanol–water partition coefficient (Wildman–Crippen LogP) is 5.05. The van der Waals surface area contributed by atoms with Gasteiger partial charge in [-0.15, -0.1) is 0 Å². The van der Waals surface area contributed by atoms with Crippen LogP contribution in [0.4, 0.5) is 4.79 Å². The number of hydrogen-bond donors (Lipinski definition) is 1. The second-order valence-corrected chi connectivity index (χ2v) is 11.1. The molecule has 0 radical (unpaired) electrons. The molecule has 1 aliphatic heterocycles. The van der Waals surface area contributed by atoms with Gasteiger partial charge in [0, 0.05) is 23.3 Å². The van der Waals surface area contributed by atoms with Crippen molar-refractivity contribution in [2.45, 2.75) is 76.2 Å². The van der Waals surface area contributed by atoms with Crippen LogP contribution in [0.1, 0.15) is 71.6 Å². The van der Waals surface area contributed by atoms with Crippen molar-refractivity contribution in [2.75, 3.05) is 13.1 Å². The van der Waals surface area contributed by atoms with E-state index in [1.807, 2.05) is 37.6 Å². The summed E-state index contributed by atoms with van der Waals surface area (Å²) in [6.45, 7) is 13.9. The maximum absolute atomic E-state index is 12.4. The van der Waals surface area contributed by atoms with Crippen LogP contribution in [0.15, 0.2) is 24.3 Å². The highest BCUT2D eigenvalue weighted by Crippen LogP contribution is 2.56. The summed E-state index contributed by atoms with van der Waals surface area (Å²) in [5.74, 6) is 0. The zero-order chi connectivity index (χ0) is 19.2. The van der Waals surface area contributed by atoms with Crippen molar-refractivity contribution in [1.29, 1.82) is 0 Å². The Bertz CT molecular complexity index is 667. The molecule has 0 aromatic heterocycles. The third-order valence-corrected chi connectivity index (χ3v) is 6.12. The van der Waals surface area contributed by atoms with E-state index in [1.165, 1.54) is 11.1 Å². The van der Waals surface area contributed by atoms with Crippen LogP contribution >= 0.6 is 11.9 Å². The van der Waals surface area contributed by atoms with Crippen LogP contribution in [0.5, 0.6) is 0 Å². The Balaban J connectivity index is 1.72. The zero-order valence-corrected chi connectivity index (χ0v) is 17.7. The lowest BCUT2D eigenvalue weighted by molar-refractivity contribution is 0.0123. The average Bonchev–Trinajstić information content (AvgIpc) is 2.52. The summed E-state index contributed by atoms with van der Waals surface area (Å²) in [5, 5.41) is 0. The Morgan fingerprint density at radius 1 is 1.15 bits per heavy atom. The molecule has 1 heterocycles. The molecular formula is C21H32N2O2S. The van der Waals surface area contributed by atoms with E-state index < -0.39 is 5.60 Å². The monoisotopic (exact) mass is 376 g/mol. The van der Waals surface area contributed by atoms with Crippen molar-refractivity contribution in [3.63, 3.8) is 0 Å². The van der Waals surface area contributed by atoms with Gasteiger partial charge < -0.3 is 9.64 Å². The van der Waals surface area contributed by atoms with Gasteiger partial charge in [0.1, 0.15) is 5.60 Å². The molecule has 1 unspecified atom stereocenters. The molecule has 1 N–H and O–H groups in total. The summed E-state index contributed by atoms with van der Waals surface area (Å²) < 4.78 is 9.46. The maximum Gasteiger partial charge on any atom is 0.410 e. The lowest BCUT2D eigenvalue weighted by atomic mass is 9.56. The summed E-state index contributed by atoms with van der Waals surface area (Å²) in [4.78, 5) is 14.3. The number of benzene rings is 1. The third kappa shape index (κ3) is 3.89. The minimum atomic E-state index is -0.442. The number of likely N-dealkylation sites (tertiary alicyclic amines) is 1. The van der Waals surface area contributed by atoms with Crippen molar-refractivity contribution >= 4 is 18.0 Å². The maximum atomic E-state index is 12.4. The van der Waals surface area contributed by atoms with E-state index in [2.05, 4.69) is 49.8 Å². The number of nitrogens with zero attached hydrogens (tertiary/aromatic N) is 1. The van der Waals surface area contributed by atoms with Gasteiger partial charge in [-0.2, -0.15) is 0 Å². The average molecular weight is 377 g/mol. The molecule has 1 aromatic rings. The van der Waals surface area contributed by atoms with Crippen LogP contribution in [-0.4, -0.2) is 34.4 Å². The van der Waals surface area contributed by atoms with Crippen LogP contribution in [0.3, 0.4) is 0 Å². The summed E-state index contributed by atoms with van der Waals surface area (Å²) in [7, 11) is 0. The van der Waals surface area contributed by atoms with Gasteiger partial charge in [-0.3, -0.25) is 4.72 Å². The number of amides is 1. The molecular weight excluding hydrogens is 344 g/mol. The Labute approximate surface area is 162 Å². The number of fused-ring (bicyclic) bond motifs is 2. The molecule has 2 aliphatic rings. The van der Waals surface area contributed by atoms with Crippen molar-refractivity contribution in [2.24, 2.45) is 0 Å². The second-order valence-electron chi connectivity index (χ2n) is 9.48. The normalized spacial score (nSPS) is 21.9. The first-order chi connectivity index (χ1) is 12.0. The van der Waals surface area contributed by atoms with Crippen LogP contribution in [0.2, 0.25) is 0 Å². The number of ether oxygens (including phenoxy) is 1. The van der Waals surface area contributed by atoms with Crippen LogP contribution < -0.4 is 4.72 Å². The fourth-order valence-corrected chi connectivity index (χ4v) is 4.79. The Morgan fingerprint density at radius 2 is 1.77 bits per heavy atom. The lowest BCUT2D eigenvalue weighted by Gasteiger charge is -2.55. The van der Waals surface area contributed by atoms with E-state index in [1.54, 1.807) is 0 Å². The molecule has 1 spiro atoms. The van der Waals surface area contributed by atoms with Gasteiger partial charge in [-0.1, -0.05) is 36.2 Å². The molecule has 1 aromatic carbocycles. The predicted molar refractivity (Wildman–Crippen MR) is 108 cm³/mol. The summed E-state index contributed by atoms with van der Waals surface area (Å²) in [5.41, 5.74) is 2.56. The number of rotatable bonds is 2. The molecule has 5 heteroatoms. The van der Waals surface area contributed by atoms with Crippen LogP contribution in [-0.2, 0) is 10.2 Å². The quantitative estimate of drug-likeness (QED) is 0.734. The van der Waals surface area contributed by atoms with Crippen molar-refractivity contribution < 1.29 is 9.53 Å². The van der Waals surface area contributed by atoms with Gasteiger partial charge in [-0.25, -0.2) is 4.79 Å². The highest BCUT2D eigenvalue weighted by atomic mass is 32.2. The Hall–Kier alpha value is -1.20. The summed E-state index contributed by atoms with van der Waals surface area (Å²) in [6, 6.07) is 9.11. The molecule has 3 rings (SSSR count). The lowest BCUT2D eigenvalue weighted by Crippen LogP contribution is -2.56. The smallest absolute Gasteiger partial charge is 0.410 e. The minimum absolute atomic E-state index is 0.132. The molecule has 144 valence electrons. The molecule has 1 amide bonds. The van der Waals surface area contributed by atoms with E-state index in [4.69, 9.17) is 4.74 Å². The molecule has 0 saturated carbocycles. The van der Waals surface area contributed by atoms with Crippen LogP contribution in [0, 0.1) is 0 Å². The van der Waals surface area contributed by atoms with E-state index in [-0.39, 0.29) is 16.3 Å². The van der Waals surface area contributed by atoms with Gasteiger partial charge in [-0.05, 0) is 65.5 Å². The van der Waals surface area contributed by atoms with Gasteiger partial charge in [0.2, 0.25) is 0 Å². The Morgan fingerprint density at radius 3 is 2.35 bits per heavy atom. The largest absolute Gasteiger partial charge is 0.444 e. The molecule has 1 fully saturated rings. The third-order valence-electron chi connectivity index (χ3n) is 5.15. The number of nitrogens with one attached hydrogen (secondary N) is 1. The fraction of sp³-hybridized carbons (Fsp3) is 0.667. The second kappa shape index (κ2) is 6.75. The molecule has 1 aliphatic carbocycles. The van der Waals surface area contributed by atoms with Gasteiger partial charge in [0.15, 0.2) is 0 Å². The number of hydrogen-bond acceptors (Lipinski definition) is 4. The fourth-order valence-electron chi connectivity index (χ4n) is 3.96. The molecule has 4 nitrogen and oxygen atoms in total. The van der Waals surface area contributed by atoms with Gasteiger partial charge >= 0.3 is 6.09 Å². The first kappa shape index (κ1) is 19.6. The van der Waals surface area contributed by atoms with Crippen molar-refractivity contribution in [1.82, 2.24) is 9.62 Å². The zero-order valence-electron chi connectivity index (χ0n) is 16.9. The number of carbonyl (C=O) groups is 1. The number of carbonyl (C=O) groups excluding carboxylic acids is 1. The highest BCUT2D eigenvalue weighted by Gasteiger charge is 2.53. The SMILES string of the molecule is CC(C)(C)OC(=O)N1CCC2(CC1)c1ccccc1C2NSC(C)(C)C. The van der Waals surface area contributed by atoms with Gasteiger partial charge in [0.05, 0.1) is 6.04 Å². The standard InChI is InChI=1S/C21H32N2O2S/c1-19(2,3)25-18(24)23-13-11-21(12-14-23)16-10-8-7-9-15(16)17(21)22-26-20(4,5)6/h7-10,17,22H,11-14H2,1-6H3. The Kier molecular flexibility index (Phi) is 5.08. The molecule has 1 atom stereocenters. The summed E-state index contributed by atoms with van der Waals surface area (Å²) in [6.07, 6.45) is 1.77. The molecule has 0 bridgehead atoms. The van der Waals surface area contributed by atoms with Gasteiger partial charge in [0.25, 0.3) is 0 Å². The van der Waals surface area contributed by atoms with Crippen molar-refractivity contribution in [3.05, 3.63) is 35.4 Å². The molecule has 1 saturated heterocycles. The summed E-state index contributed by atoms with van der Waals surface area (Å²) >= 11 is 1.81. The number of piperidine rings is 1. The van der Waals surface area contributed by atoms with E-state index in [0.717, 1.165) is 25.9 Å². The first-order valence-electron chi connectivity index (χ1n) is 9.53. The van der Waals surface area contributed by atoms with Crippen molar-refractivity contribution in [3.8, 4) is 0 Å². The van der Waals surface area contributed by atoms with E-state index in [9.17, 15) is 4.79 Å². The minimum Gasteiger partial charge on any atom is -0.444 e. The molecule has 26 heavy (non-hydrogen) atoms. The van der Waals surface area contributed by atoms with E-state index >= 15 is 0 Å². The highest BCUT2D eigenvalue weighted by molar-refractivity contribution is 7.98. The van der Waals surface area contributed by atoms with Crippen LogP contribution in [0.25, 0.3) is 0 Å². The topological polar surface area (TPSA) is 41.6 Å².